The van der Waals surface area contributed by atoms with Gasteiger partial charge < -0.3 is 25.8 Å². The number of aryl methyl sites for hydroxylation is 1. The monoisotopic (exact) mass is 546 g/mol. The lowest BCUT2D eigenvalue weighted by Gasteiger charge is -2.32. The van der Waals surface area contributed by atoms with Crippen molar-refractivity contribution in [3.63, 3.8) is 0 Å². The van der Waals surface area contributed by atoms with Crippen LogP contribution in [0.15, 0.2) is 72.8 Å². The Morgan fingerprint density at radius 2 is 1.62 bits per heavy atom. The number of carboxylic acid groups (broad SMARTS) is 1. The van der Waals surface area contributed by atoms with E-state index < -0.39 is 17.9 Å². The number of para-hydroxylation sites is 1. The molecule has 0 heterocycles. The van der Waals surface area contributed by atoms with E-state index in [9.17, 15) is 19.5 Å². The molecule has 0 aliphatic carbocycles. The van der Waals surface area contributed by atoms with E-state index in [0.717, 1.165) is 11.1 Å². The molecule has 4 N–H and O–H groups in total. The lowest BCUT2D eigenvalue weighted by Crippen LogP contribution is -2.49. The molecule has 0 radical (unpaired) electrons. The summed E-state index contributed by atoms with van der Waals surface area (Å²) in [6.45, 7) is 6.48. The highest BCUT2D eigenvalue weighted by Crippen LogP contribution is 2.29. The zero-order chi connectivity index (χ0) is 29.1. The van der Waals surface area contributed by atoms with Crippen LogP contribution in [0, 0.1) is 6.92 Å². The van der Waals surface area contributed by atoms with Gasteiger partial charge in [0, 0.05) is 18.8 Å². The van der Waals surface area contributed by atoms with Gasteiger partial charge in [-0.2, -0.15) is 0 Å². The Morgan fingerprint density at radius 1 is 0.950 bits per heavy atom. The number of nitrogens with zero attached hydrogens (tertiary/aromatic N) is 1. The van der Waals surface area contributed by atoms with Gasteiger partial charge in [0.25, 0.3) is 0 Å². The van der Waals surface area contributed by atoms with Crippen LogP contribution in [0.5, 0.6) is 5.75 Å². The van der Waals surface area contributed by atoms with E-state index >= 15 is 0 Å². The van der Waals surface area contributed by atoms with Gasteiger partial charge >= 0.3 is 12.0 Å². The number of anilines is 2. The molecule has 0 bridgehead atoms. The molecule has 3 aromatic carbocycles. The van der Waals surface area contributed by atoms with Gasteiger partial charge in [0.2, 0.25) is 5.91 Å². The Balaban J connectivity index is 1.70. The molecule has 0 aliphatic heterocycles. The van der Waals surface area contributed by atoms with E-state index in [-0.39, 0.29) is 18.5 Å². The lowest BCUT2D eigenvalue weighted by atomic mass is 9.99. The molecule has 0 saturated carbocycles. The average Bonchev–Trinajstić information content (AvgIpc) is 2.95. The van der Waals surface area contributed by atoms with Crippen LogP contribution in [0.1, 0.15) is 49.3 Å². The fourth-order valence-electron chi connectivity index (χ4n) is 4.36. The minimum atomic E-state index is -0.888. The average molecular weight is 547 g/mol. The molecule has 40 heavy (non-hydrogen) atoms. The second kappa shape index (κ2) is 14.7. The maximum absolute atomic E-state index is 13.3. The summed E-state index contributed by atoms with van der Waals surface area (Å²) in [4.78, 5) is 39.2. The number of rotatable bonds is 13. The molecular weight excluding hydrogens is 508 g/mol. The maximum atomic E-state index is 13.3. The van der Waals surface area contributed by atoms with Gasteiger partial charge in [-0.05, 0) is 55.2 Å². The smallest absolute Gasteiger partial charge is 0.323 e. The summed E-state index contributed by atoms with van der Waals surface area (Å²) < 4.78 is 5.51. The van der Waals surface area contributed by atoms with Crippen LogP contribution in [-0.2, 0) is 16.1 Å². The number of amides is 3. The van der Waals surface area contributed by atoms with Crippen LogP contribution >= 0.6 is 0 Å². The molecule has 0 spiro atoms. The summed E-state index contributed by atoms with van der Waals surface area (Å²) >= 11 is 0. The van der Waals surface area contributed by atoms with Crippen LogP contribution in [0.4, 0.5) is 16.2 Å². The van der Waals surface area contributed by atoms with Crippen molar-refractivity contribution in [2.24, 2.45) is 0 Å². The molecule has 0 aliphatic rings. The van der Waals surface area contributed by atoms with Gasteiger partial charge in [0.05, 0.1) is 31.3 Å². The fourth-order valence-corrected chi connectivity index (χ4v) is 4.36. The van der Waals surface area contributed by atoms with Crippen molar-refractivity contribution in [2.75, 3.05) is 24.3 Å². The summed E-state index contributed by atoms with van der Waals surface area (Å²) in [6, 6.07) is 22.1. The first-order valence-electron chi connectivity index (χ1n) is 13.3. The van der Waals surface area contributed by atoms with Crippen LogP contribution in [0.25, 0.3) is 0 Å². The van der Waals surface area contributed by atoms with Gasteiger partial charge in [0.1, 0.15) is 5.75 Å². The normalized spacial score (nSPS) is 12.3. The number of hydrogen-bond acceptors (Lipinski definition) is 5. The predicted molar refractivity (Wildman–Crippen MR) is 157 cm³/mol. The molecule has 3 aromatic rings. The topological polar surface area (TPSA) is 120 Å². The van der Waals surface area contributed by atoms with E-state index in [1.807, 2.05) is 73.3 Å². The Morgan fingerprint density at radius 3 is 2.27 bits per heavy atom. The SMILES string of the molecule is CCC(NC(=O)C(C)c1ccc(NC(=O)Nc2ccccc2C)c(OC)c1)N(CCC(=O)O)Cc1ccccc1. The Hall–Kier alpha value is -4.37. The number of benzene rings is 3. The molecule has 0 saturated heterocycles. The van der Waals surface area contributed by atoms with Crippen molar-refractivity contribution in [3.8, 4) is 5.75 Å². The largest absolute Gasteiger partial charge is 0.495 e. The number of urea groups is 1. The molecule has 3 amide bonds. The first kappa shape index (κ1) is 30.2. The Kier molecular flexibility index (Phi) is 11.1. The number of methoxy groups -OCH3 is 1. The lowest BCUT2D eigenvalue weighted by molar-refractivity contribution is -0.137. The third-order valence-corrected chi connectivity index (χ3v) is 6.74. The molecule has 212 valence electrons. The maximum Gasteiger partial charge on any atom is 0.323 e. The van der Waals surface area contributed by atoms with Gasteiger partial charge in [-0.3, -0.25) is 14.5 Å². The number of carbonyl (C=O) groups excluding carboxylic acids is 2. The van der Waals surface area contributed by atoms with Crippen LogP contribution in [0.2, 0.25) is 0 Å². The van der Waals surface area contributed by atoms with Crippen LogP contribution < -0.4 is 20.7 Å². The molecule has 0 aromatic heterocycles. The molecule has 2 unspecified atom stereocenters. The molecule has 9 heteroatoms. The zero-order valence-electron chi connectivity index (χ0n) is 23.4. The van der Waals surface area contributed by atoms with Crippen molar-refractivity contribution in [1.82, 2.24) is 10.2 Å². The summed E-state index contributed by atoms with van der Waals surface area (Å²) in [7, 11) is 1.51. The Labute approximate surface area is 235 Å². The standard InChI is InChI=1S/C31H38N4O5/c1-5-28(35(18-17-29(36)37)20-23-12-7-6-8-13-23)34-30(38)22(3)24-15-16-26(27(19-24)40-4)33-31(39)32-25-14-10-9-11-21(25)2/h6-16,19,22,28H,5,17-18,20H2,1-4H3,(H,34,38)(H,36,37)(H2,32,33,39). The zero-order valence-corrected chi connectivity index (χ0v) is 23.4. The third-order valence-electron chi connectivity index (χ3n) is 6.74. The van der Waals surface area contributed by atoms with Crippen molar-refractivity contribution >= 4 is 29.3 Å². The summed E-state index contributed by atoms with van der Waals surface area (Å²) in [5, 5.41) is 18.0. The fraction of sp³-hybridized carbons (Fsp3) is 0.323. The minimum absolute atomic E-state index is 0.0299. The Bertz CT molecular complexity index is 1300. The first-order chi connectivity index (χ1) is 19.2. The van der Waals surface area contributed by atoms with Gasteiger partial charge in [-0.1, -0.05) is 61.5 Å². The highest BCUT2D eigenvalue weighted by atomic mass is 16.5. The third kappa shape index (κ3) is 8.57. The van der Waals surface area contributed by atoms with Crippen molar-refractivity contribution in [3.05, 3.63) is 89.5 Å². The van der Waals surface area contributed by atoms with Crippen LogP contribution in [-0.4, -0.2) is 47.7 Å². The van der Waals surface area contributed by atoms with Crippen molar-refractivity contribution in [2.45, 2.75) is 52.2 Å². The van der Waals surface area contributed by atoms with E-state index in [1.165, 1.54) is 7.11 Å². The number of hydrogen-bond donors (Lipinski definition) is 4. The second-order valence-corrected chi connectivity index (χ2v) is 9.61. The molecular formula is C31H38N4O5. The summed E-state index contributed by atoms with van der Waals surface area (Å²) in [5.41, 5.74) is 3.87. The van der Waals surface area contributed by atoms with Crippen LogP contribution in [0.3, 0.4) is 0 Å². The second-order valence-electron chi connectivity index (χ2n) is 9.61. The number of carbonyl (C=O) groups is 3. The number of nitrogens with one attached hydrogen (secondary N) is 3. The highest BCUT2D eigenvalue weighted by molar-refractivity contribution is 6.01. The van der Waals surface area contributed by atoms with Crippen molar-refractivity contribution in [1.29, 1.82) is 0 Å². The first-order valence-corrected chi connectivity index (χ1v) is 13.3. The molecule has 3 rings (SSSR count). The number of aliphatic carboxylic acids is 1. The molecule has 0 fully saturated rings. The minimum Gasteiger partial charge on any atom is -0.495 e. The predicted octanol–water partition coefficient (Wildman–Crippen LogP) is 5.58. The summed E-state index contributed by atoms with van der Waals surface area (Å²) in [5.74, 6) is -1.17. The van der Waals surface area contributed by atoms with Gasteiger partial charge in [-0.25, -0.2) is 4.79 Å². The molecule has 9 nitrogen and oxygen atoms in total. The van der Waals surface area contributed by atoms with E-state index in [4.69, 9.17) is 4.74 Å². The number of ether oxygens (including phenoxy) is 1. The van der Waals surface area contributed by atoms with E-state index in [0.29, 0.717) is 42.2 Å². The summed E-state index contributed by atoms with van der Waals surface area (Å²) in [6.07, 6.45) is 0.229. The van der Waals surface area contributed by atoms with Gasteiger partial charge in [0.15, 0.2) is 0 Å². The van der Waals surface area contributed by atoms with Crippen molar-refractivity contribution < 1.29 is 24.2 Å². The quantitative estimate of drug-likeness (QED) is 0.208. The van der Waals surface area contributed by atoms with Gasteiger partial charge in [-0.15, -0.1) is 0 Å². The van der Waals surface area contributed by atoms with E-state index in [2.05, 4.69) is 16.0 Å². The molecule has 2 atom stereocenters. The highest BCUT2D eigenvalue weighted by Gasteiger charge is 2.24. The number of carboxylic acids is 1. The van der Waals surface area contributed by atoms with E-state index in [1.54, 1.807) is 25.1 Å².